The van der Waals surface area contributed by atoms with E-state index in [2.05, 4.69) is 51.8 Å². The highest BCUT2D eigenvalue weighted by Gasteiger charge is 2.11. The van der Waals surface area contributed by atoms with Gasteiger partial charge in [0, 0.05) is 25.0 Å². The molecule has 2 rings (SSSR count). The molecule has 0 aromatic heterocycles. The zero-order valence-electron chi connectivity index (χ0n) is 13.1. The first kappa shape index (κ1) is 14.4. The van der Waals surface area contributed by atoms with Gasteiger partial charge in [-0.2, -0.15) is 0 Å². The van der Waals surface area contributed by atoms with Gasteiger partial charge in [0.2, 0.25) is 0 Å². The van der Waals surface area contributed by atoms with Crippen molar-refractivity contribution in [3.63, 3.8) is 0 Å². The monoisotopic (exact) mass is 268 g/mol. The van der Waals surface area contributed by atoms with Crippen LogP contribution in [0.1, 0.15) is 27.8 Å². The van der Waals surface area contributed by atoms with Gasteiger partial charge in [-0.05, 0) is 73.7 Å². The number of rotatable bonds is 3. The summed E-state index contributed by atoms with van der Waals surface area (Å²) in [7, 11) is 2.12. The topological polar surface area (TPSA) is 29.3 Å². The highest BCUT2D eigenvalue weighted by atomic mass is 15.1. The predicted octanol–water partition coefficient (Wildman–Crippen LogP) is 4.14. The van der Waals surface area contributed by atoms with E-state index in [-0.39, 0.29) is 0 Å². The van der Waals surface area contributed by atoms with Crippen molar-refractivity contribution < 1.29 is 0 Å². The van der Waals surface area contributed by atoms with Crippen molar-refractivity contribution >= 4 is 11.4 Å². The summed E-state index contributed by atoms with van der Waals surface area (Å²) in [5, 5.41) is 0. The third-order valence-corrected chi connectivity index (χ3v) is 4.23. The molecule has 0 aliphatic heterocycles. The summed E-state index contributed by atoms with van der Waals surface area (Å²) in [6, 6.07) is 10.3. The second-order valence-electron chi connectivity index (χ2n) is 5.69. The lowest BCUT2D eigenvalue weighted by Crippen LogP contribution is -2.18. The van der Waals surface area contributed by atoms with Gasteiger partial charge in [-0.1, -0.05) is 12.1 Å². The Morgan fingerprint density at radius 3 is 2.10 bits per heavy atom. The van der Waals surface area contributed by atoms with E-state index in [1.54, 1.807) is 0 Å². The SMILES string of the molecule is Cc1cc(C)c(C)c(CN(C)c2cccc(N)c2)c1C. The van der Waals surface area contributed by atoms with Gasteiger partial charge in [-0.15, -0.1) is 0 Å². The summed E-state index contributed by atoms with van der Waals surface area (Å²) in [6.45, 7) is 9.70. The molecule has 0 bridgehead atoms. The Morgan fingerprint density at radius 2 is 1.55 bits per heavy atom. The van der Waals surface area contributed by atoms with Crippen LogP contribution in [0.4, 0.5) is 11.4 Å². The van der Waals surface area contributed by atoms with Gasteiger partial charge in [0.15, 0.2) is 0 Å². The zero-order valence-corrected chi connectivity index (χ0v) is 13.1. The van der Waals surface area contributed by atoms with Gasteiger partial charge in [-0.25, -0.2) is 0 Å². The number of nitrogens with zero attached hydrogens (tertiary/aromatic N) is 1. The van der Waals surface area contributed by atoms with Crippen molar-refractivity contribution in [3.8, 4) is 0 Å². The number of nitrogens with two attached hydrogens (primary N) is 1. The van der Waals surface area contributed by atoms with Gasteiger partial charge in [0.05, 0.1) is 0 Å². The fourth-order valence-corrected chi connectivity index (χ4v) is 2.63. The van der Waals surface area contributed by atoms with E-state index in [0.717, 1.165) is 17.9 Å². The molecule has 2 aromatic rings. The average molecular weight is 268 g/mol. The van der Waals surface area contributed by atoms with Gasteiger partial charge in [-0.3, -0.25) is 0 Å². The highest BCUT2D eigenvalue weighted by Crippen LogP contribution is 2.25. The maximum atomic E-state index is 5.87. The molecule has 2 heteroatoms. The van der Waals surface area contributed by atoms with Crippen LogP contribution in [0.2, 0.25) is 0 Å². The van der Waals surface area contributed by atoms with E-state index in [1.165, 1.54) is 27.8 Å². The Hall–Kier alpha value is -1.96. The van der Waals surface area contributed by atoms with Gasteiger partial charge < -0.3 is 10.6 Å². The van der Waals surface area contributed by atoms with E-state index in [1.807, 2.05) is 18.2 Å². The van der Waals surface area contributed by atoms with Crippen LogP contribution >= 0.6 is 0 Å². The van der Waals surface area contributed by atoms with Crippen molar-refractivity contribution in [1.82, 2.24) is 0 Å². The van der Waals surface area contributed by atoms with Crippen LogP contribution < -0.4 is 10.6 Å². The lowest BCUT2D eigenvalue weighted by Gasteiger charge is -2.24. The summed E-state index contributed by atoms with van der Waals surface area (Å²) in [4.78, 5) is 2.25. The molecule has 0 amide bonds. The van der Waals surface area contributed by atoms with Crippen molar-refractivity contribution in [2.24, 2.45) is 0 Å². The Labute approximate surface area is 122 Å². The Kier molecular flexibility index (Phi) is 4.03. The first-order chi connectivity index (χ1) is 9.40. The molecule has 0 spiro atoms. The maximum absolute atomic E-state index is 5.87. The number of aryl methyl sites for hydroxylation is 2. The minimum absolute atomic E-state index is 0.809. The van der Waals surface area contributed by atoms with Gasteiger partial charge in [0.1, 0.15) is 0 Å². The Bertz CT molecular complexity index is 603. The van der Waals surface area contributed by atoms with Gasteiger partial charge in [0.25, 0.3) is 0 Å². The van der Waals surface area contributed by atoms with Crippen LogP contribution in [0.5, 0.6) is 0 Å². The number of hydrogen-bond donors (Lipinski definition) is 1. The lowest BCUT2D eigenvalue weighted by molar-refractivity contribution is 0.899. The molecular formula is C18H24N2. The second kappa shape index (κ2) is 5.58. The first-order valence-electron chi connectivity index (χ1n) is 7.03. The standard InChI is InChI=1S/C18H24N2/c1-12-9-13(2)15(4)18(14(12)3)11-20(5)17-8-6-7-16(19)10-17/h6-10H,11,19H2,1-5H3. The van der Waals surface area contributed by atoms with E-state index in [9.17, 15) is 0 Å². The summed E-state index contributed by atoms with van der Waals surface area (Å²) in [5.74, 6) is 0. The smallest absolute Gasteiger partial charge is 0.0431 e. The van der Waals surface area contributed by atoms with E-state index < -0.39 is 0 Å². The normalized spacial score (nSPS) is 10.7. The van der Waals surface area contributed by atoms with Crippen LogP contribution in [0, 0.1) is 27.7 Å². The molecule has 0 saturated carbocycles. The van der Waals surface area contributed by atoms with Crippen molar-refractivity contribution in [2.75, 3.05) is 17.7 Å². The Morgan fingerprint density at radius 1 is 0.950 bits per heavy atom. The molecule has 0 radical (unpaired) electrons. The quantitative estimate of drug-likeness (QED) is 0.848. The Balaban J connectivity index is 2.35. The maximum Gasteiger partial charge on any atom is 0.0431 e. The van der Waals surface area contributed by atoms with E-state index >= 15 is 0 Å². The predicted molar refractivity (Wildman–Crippen MR) is 88.4 cm³/mol. The molecule has 0 aliphatic rings. The largest absolute Gasteiger partial charge is 0.399 e. The number of hydrogen-bond acceptors (Lipinski definition) is 2. The van der Waals surface area contributed by atoms with Crippen LogP contribution in [0.25, 0.3) is 0 Å². The number of benzene rings is 2. The van der Waals surface area contributed by atoms with Gasteiger partial charge >= 0.3 is 0 Å². The lowest BCUT2D eigenvalue weighted by atomic mass is 9.94. The molecule has 20 heavy (non-hydrogen) atoms. The zero-order chi connectivity index (χ0) is 14.9. The van der Waals surface area contributed by atoms with E-state index in [4.69, 9.17) is 5.73 Å². The number of anilines is 2. The fraction of sp³-hybridized carbons (Fsp3) is 0.333. The molecule has 0 heterocycles. The molecule has 2 aromatic carbocycles. The first-order valence-corrected chi connectivity index (χ1v) is 7.03. The second-order valence-corrected chi connectivity index (χ2v) is 5.69. The van der Waals surface area contributed by atoms with Crippen LogP contribution in [-0.4, -0.2) is 7.05 Å². The minimum Gasteiger partial charge on any atom is -0.399 e. The average Bonchev–Trinajstić information content (AvgIpc) is 2.41. The third-order valence-electron chi connectivity index (χ3n) is 4.23. The van der Waals surface area contributed by atoms with Crippen molar-refractivity contribution in [3.05, 3.63) is 58.1 Å². The van der Waals surface area contributed by atoms with Crippen molar-refractivity contribution in [2.45, 2.75) is 34.2 Å². The molecular weight excluding hydrogens is 244 g/mol. The molecule has 0 unspecified atom stereocenters. The fourth-order valence-electron chi connectivity index (χ4n) is 2.63. The van der Waals surface area contributed by atoms with Crippen LogP contribution in [0.3, 0.4) is 0 Å². The number of nitrogen functional groups attached to an aromatic ring is 1. The summed E-state index contributed by atoms with van der Waals surface area (Å²) in [6.07, 6.45) is 0. The van der Waals surface area contributed by atoms with E-state index in [0.29, 0.717) is 0 Å². The molecule has 0 aliphatic carbocycles. The summed E-state index contributed by atoms with van der Waals surface area (Å²) < 4.78 is 0. The molecule has 106 valence electrons. The summed E-state index contributed by atoms with van der Waals surface area (Å²) >= 11 is 0. The highest BCUT2D eigenvalue weighted by molar-refractivity contribution is 5.56. The molecule has 0 fully saturated rings. The molecule has 0 atom stereocenters. The minimum atomic E-state index is 0.809. The molecule has 2 nitrogen and oxygen atoms in total. The van der Waals surface area contributed by atoms with Crippen molar-refractivity contribution in [1.29, 1.82) is 0 Å². The molecule has 2 N–H and O–H groups in total. The summed E-state index contributed by atoms with van der Waals surface area (Å²) in [5.41, 5.74) is 14.8. The third kappa shape index (κ3) is 2.79. The van der Waals surface area contributed by atoms with Crippen LogP contribution in [0.15, 0.2) is 30.3 Å². The molecule has 0 saturated heterocycles. The van der Waals surface area contributed by atoms with Crippen LogP contribution in [-0.2, 0) is 6.54 Å².